The average molecular weight is 274 g/mol. The van der Waals surface area contributed by atoms with E-state index in [0.29, 0.717) is 6.10 Å². The Balaban J connectivity index is 1.71. The van der Waals surface area contributed by atoms with Crippen molar-refractivity contribution >= 4 is 11.6 Å². The van der Waals surface area contributed by atoms with Gasteiger partial charge < -0.3 is 9.64 Å². The summed E-state index contributed by atoms with van der Waals surface area (Å²) in [6, 6.07) is 0. The zero-order valence-corrected chi connectivity index (χ0v) is 12.7. The molecule has 1 saturated carbocycles. The van der Waals surface area contributed by atoms with Gasteiger partial charge in [-0.2, -0.15) is 0 Å². The summed E-state index contributed by atoms with van der Waals surface area (Å²) in [7, 11) is 2.19. The number of rotatable bonds is 5. The zero-order chi connectivity index (χ0) is 13.0. The van der Waals surface area contributed by atoms with Crippen molar-refractivity contribution < 1.29 is 4.74 Å². The smallest absolute Gasteiger partial charge is 0.0710 e. The fourth-order valence-electron chi connectivity index (χ4n) is 3.43. The number of hydrogen-bond donors (Lipinski definition) is 0. The van der Waals surface area contributed by atoms with Crippen molar-refractivity contribution in [3.05, 3.63) is 0 Å². The molecule has 0 aromatic heterocycles. The van der Waals surface area contributed by atoms with Gasteiger partial charge in [-0.05, 0) is 52.6 Å². The molecule has 0 bridgehead atoms. The molecule has 2 atom stereocenters. The maximum Gasteiger partial charge on any atom is 0.0710 e. The summed E-state index contributed by atoms with van der Waals surface area (Å²) in [5.74, 6) is 0. The Kier molecular flexibility index (Phi) is 5.35. The van der Waals surface area contributed by atoms with E-state index in [0.717, 1.165) is 19.5 Å². The maximum absolute atomic E-state index is 6.39. The zero-order valence-electron chi connectivity index (χ0n) is 12.0. The second-order valence-corrected chi connectivity index (χ2v) is 7.10. The maximum atomic E-state index is 6.39. The minimum absolute atomic E-state index is 0.267. The number of hydrogen-bond acceptors (Lipinski definition) is 2. The van der Waals surface area contributed by atoms with Gasteiger partial charge in [0.05, 0.1) is 11.7 Å². The fraction of sp³-hybridized carbons (Fsp3) is 1.00. The Morgan fingerprint density at radius 3 is 2.67 bits per heavy atom. The van der Waals surface area contributed by atoms with Crippen molar-refractivity contribution in [3.63, 3.8) is 0 Å². The first-order chi connectivity index (χ1) is 8.60. The minimum Gasteiger partial charge on any atom is -0.370 e. The van der Waals surface area contributed by atoms with Gasteiger partial charge in [-0.3, -0.25) is 0 Å². The van der Waals surface area contributed by atoms with Crippen LogP contribution in [0.2, 0.25) is 0 Å². The van der Waals surface area contributed by atoms with E-state index < -0.39 is 0 Å². The molecular weight excluding hydrogens is 246 g/mol. The first kappa shape index (κ1) is 14.6. The topological polar surface area (TPSA) is 12.5 Å². The summed E-state index contributed by atoms with van der Waals surface area (Å²) in [4.78, 5) is 2.38. The standard InChI is InChI=1S/C15H28ClNO/c1-13(16)7-11-17(2)12-14-6-10-15(18-14)8-4-3-5-9-15/h13-14H,3-12H2,1-2H3. The average Bonchev–Trinajstić information content (AvgIpc) is 2.70. The van der Waals surface area contributed by atoms with E-state index in [1.54, 1.807) is 0 Å². The normalized spacial score (nSPS) is 29.0. The molecular formula is C15H28ClNO. The highest BCUT2D eigenvalue weighted by Crippen LogP contribution is 2.41. The third-order valence-corrected chi connectivity index (χ3v) is 4.75. The summed E-state index contributed by atoms with van der Waals surface area (Å²) in [5, 5.41) is 0.279. The quantitative estimate of drug-likeness (QED) is 0.706. The van der Waals surface area contributed by atoms with Crippen LogP contribution in [-0.4, -0.2) is 42.1 Å². The van der Waals surface area contributed by atoms with Crippen LogP contribution in [0, 0.1) is 0 Å². The first-order valence-corrected chi connectivity index (χ1v) is 8.04. The van der Waals surface area contributed by atoms with Gasteiger partial charge in [0.15, 0.2) is 0 Å². The molecule has 0 radical (unpaired) electrons. The molecule has 0 amide bonds. The molecule has 2 fully saturated rings. The van der Waals surface area contributed by atoms with Gasteiger partial charge in [-0.1, -0.05) is 19.3 Å². The minimum atomic E-state index is 0.267. The van der Waals surface area contributed by atoms with E-state index >= 15 is 0 Å². The lowest BCUT2D eigenvalue weighted by Gasteiger charge is -2.34. The van der Waals surface area contributed by atoms with Crippen LogP contribution in [0.4, 0.5) is 0 Å². The first-order valence-electron chi connectivity index (χ1n) is 7.60. The molecule has 106 valence electrons. The van der Waals surface area contributed by atoms with Gasteiger partial charge in [-0.15, -0.1) is 11.6 Å². The van der Waals surface area contributed by atoms with Crippen molar-refractivity contribution in [2.45, 2.75) is 75.4 Å². The predicted molar refractivity (Wildman–Crippen MR) is 77.4 cm³/mol. The van der Waals surface area contributed by atoms with Gasteiger partial charge in [0.2, 0.25) is 0 Å². The van der Waals surface area contributed by atoms with Crippen LogP contribution in [0.5, 0.6) is 0 Å². The fourth-order valence-corrected chi connectivity index (χ4v) is 3.52. The van der Waals surface area contributed by atoms with Crippen molar-refractivity contribution in [1.29, 1.82) is 0 Å². The molecule has 2 unspecified atom stereocenters. The largest absolute Gasteiger partial charge is 0.370 e. The second-order valence-electron chi connectivity index (χ2n) is 6.35. The molecule has 1 aliphatic heterocycles. The van der Waals surface area contributed by atoms with Crippen molar-refractivity contribution in [3.8, 4) is 0 Å². The SMILES string of the molecule is CC(Cl)CCN(C)CC1CCC2(CCCCC2)O1. The van der Waals surface area contributed by atoms with E-state index in [9.17, 15) is 0 Å². The van der Waals surface area contributed by atoms with Gasteiger partial charge in [0.1, 0.15) is 0 Å². The van der Waals surface area contributed by atoms with E-state index in [1.165, 1.54) is 44.9 Å². The van der Waals surface area contributed by atoms with Crippen LogP contribution in [0.3, 0.4) is 0 Å². The van der Waals surface area contributed by atoms with Crippen LogP contribution in [0.1, 0.15) is 58.3 Å². The van der Waals surface area contributed by atoms with Crippen LogP contribution >= 0.6 is 11.6 Å². The summed E-state index contributed by atoms with van der Waals surface area (Å²) in [6.07, 6.45) is 10.8. The van der Waals surface area contributed by atoms with Crippen LogP contribution in [-0.2, 0) is 4.74 Å². The predicted octanol–water partition coefficient (Wildman–Crippen LogP) is 3.82. The number of likely N-dealkylation sites (N-methyl/N-ethyl adjacent to an activating group) is 1. The lowest BCUT2D eigenvalue weighted by atomic mass is 9.83. The Labute approximate surface area is 117 Å². The van der Waals surface area contributed by atoms with Gasteiger partial charge in [-0.25, -0.2) is 0 Å². The molecule has 2 nitrogen and oxygen atoms in total. The van der Waals surface area contributed by atoms with E-state index in [-0.39, 0.29) is 11.0 Å². The van der Waals surface area contributed by atoms with Crippen LogP contribution in [0.15, 0.2) is 0 Å². The molecule has 0 aromatic carbocycles. The number of nitrogens with zero attached hydrogens (tertiary/aromatic N) is 1. The highest BCUT2D eigenvalue weighted by Gasteiger charge is 2.40. The second kappa shape index (κ2) is 6.58. The Hall–Kier alpha value is 0.210. The van der Waals surface area contributed by atoms with E-state index in [4.69, 9.17) is 16.3 Å². The van der Waals surface area contributed by atoms with Crippen molar-refractivity contribution in [1.82, 2.24) is 4.90 Å². The monoisotopic (exact) mass is 273 g/mol. The van der Waals surface area contributed by atoms with Gasteiger partial charge >= 0.3 is 0 Å². The highest BCUT2D eigenvalue weighted by atomic mass is 35.5. The van der Waals surface area contributed by atoms with Crippen LogP contribution < -0.4 is 0 Å². The third kappa shape index (κ3) is 4.11. The Bertz CT molecular complexity index is 251. The number of alkyl halides is 1. The van der Waals surface area contributed by atoms with Crippen molar-refractivity contribution in [2.24, 2.45) is 0 Å². The molecule has 1 heterocycles. The molecule has 2 rings (SSSR count). The Morgan fingerprint density at radius 2 is 2.00 bits per heavy atom. The summed E-state index contributed by atoms with van der Waals surface area (Å²) in [6.45, 7) is 4.22. The highest BCUT2D eigenvalue weighted by molar-refractivity contribution is 6.20. The Morgan fingerprint density at radius 1 is 1.28 bits per heavy atom. The lowest BCUT2D eigenvalue weighted by molar-refractivity contribution is -0.0701. The lowest BCUT2D eigenvalue weighted by Crippen LogP contribution is -2.35. The van der Waals surface area contributed by atoms with Crippen molar-refractivity contribution in [2.75, 3.05) is 20.1 Å². The molecule has 1 spiro atoms. The summed E-state index contributed by atoms with van der Waals surface area (Å²) in [5.41, 5.74) is 0.267. The molecule has 1 saturated heterocycles. The molecule has 0 aromatic rings. The molecule has 2 aliphatic rings. The van der Waals surface area contributed by atoms with Gasteiger partial charge in [0.25, 0.3) is 0 Å². The third-order valence-electron chi connectivity index (χ3n) is 4.53. The molecule has 18 heavy (non-hydrogen) atoms. The molecule has 0 N–H and O–H groups in total. The number of halogens is 1. The van der Waals surface area contributed by atoms with E-state index in [2.05, 4.69) is 18.9 Å². The summed E-state index contributed by atoms with van der Waals surface area (Å²) < 4.78 is 6.39. The molecule has 1 aliphatic carbocycles. The van der Waals surface area contributed by atoms with E-state index in [1.807, 2.05) is 0 Å². The van der Waals surface area contributed by atoms with Gasteiger partial charge in [0, 0.05) is 11.9 Å². The number of ether oxygens (including phenoxy) is 1. The van der Waals surface area contributed by atoms with Crippen LogP contribution in [0.25, 0.3) is 0 Å². The summed E-state index contributed by atoms with van der Waals surface area (Å²) >= 11 is 6.00. The molecule has 3 heteroatoms.